The Labute approximate surface area is 89.2 Å². The van der Waals surface area contributed by atoms with Gasteiger partial charge in [0.15, 0.2) is 0 Å². The van der Waals surface area contributed by atoms with Gasteiger partial charge in [-0.25, -0.2) is 9.48 Å². The lowest BCUT2D eigenvalue weighted by Crippen LogP contribution is -2.37. The van der Waals surface area contributed by atoms with E-state index in [0.717, 1.165) is 4.68 Å². The number of rotatable bonds is 4. The molecule has 4 N–H and O–H groups in total. The maximum atomic E-state index is 11.0. The van der Waals surface area contributed by atoms with Gasteiger partial charge in [-0.05, 0) is 0 Å². The number of hydrogen-bond acceptors (Lipinski definition) is 5. The third kappa shape index (κ3) is 3.74. The van der Waals surface area contributed by atoms with Crippen LogP contribution in [0.2, 0.25) is 0 Å². The van der Waals surface area contributed by atoms with E-state index in [1.54, 1.807) is 0 Å². The van der Waals surface area contributed by atoms with Gasteiger partial charge in [0.1, 0.15) is 6.54 Å². The average Bonchev–Trinajstić information content (AvgIpc) is 2.49. The highest BCUT2D eigenvalue weighted by molar-refractivity contribution is 5.93. The van der Waals surface area contributed by atoms with Crippen molar-refractivity contribution in [3.63, 3.8) is 0 Å². The first-order valence-electron chi connectivity index (χ1n) is 4.17. The zero-order chi connectivity index (χ0) is 12.1. The van der Waals surface area contributed by atoms with Crippen molar-refractivity contribution in [1.82, 2.24) is 20.3 Å². The molecule has 0 aromatic carbocycles. The highest BCUT2D eigenvalue weighted by Gasteiger charge is 2.09. The Hall–Kier alpha value is -2.45. The predicted molar refractivity (Wildman–Crippen MR) is 49.1 cm³/mol. The molecule has 1 rings (SSSR count). The average molecular weight is 227 g/mol. The number of carbonyl (C=O) groups excluding carboxylic acids is 2. The summed E-state index contributed by atoms with van der Waals surface area (Å²) in [5.41, 5.74) is 4.95. The predicted octanol–water partition coefficient (Wildman–Crippen LogP) is -1.90. The molecule has 0 spiro atoms. The van der Waals surface area contributed by atoms with E-state index in [4.69, 9.17) is 10.8 Å². The fraction of sp³-hybridized carbons (Fsp3) is 0.286. The Morgan fingerprint density at radius 2 is 2.19 bits per heavy atom. The van der Waals surface area contributed by atoms with E-state index in [0.29, 0.717) is 0 Å². The number of carboxylic acids is 1. The number of hydrogen-bond donors (Lipinski definition) is 3. The second-order valence-electron chi connectivity index (χ2n) is 2.89. The van der Waals surface area contributed by atoms with Crippen molar-refractivity contribution < 1.29 is 19.5 Å². The van der Waals surface area contributed by atoms with Gasteiger partial charge in [0, 0.05) is 6.20 Å². The summed E-state index contributed by atoms with van der Waals surface area (Å²) in [7, 11) is 0. The molecule has 0 aliphatic rings. The molecule has 0 unspecified atom stereocenters. The molecule has 3 amide bonds. The molecule has 0 radical (unpaired) electrons. The number of aromatic nitrogens is 3. The van der Waals surface area contributed by atoms with Crippen molar-refractivity contribution in [2.24, 2.45) is 5.73 Å². The molecule has 0 bridgehead atoms. The number of carboxylic acid groups (broad SMARTS) is 1. The normalized spacial score (nSPS) is 9.75. The second-order valence-corrected chi connectivity index (χ2v) is 2.89. The van der Waals surface area contributed by atoms with E-state index in [1.165, 1.54) is 6.20 Å². The highest BCUT2D eigenvalue weighted by atomic mass is 16.4. The fourth-order valence-electron chi connectivity index (χ4n) is 0.976. The van der Waals surface area contributed by atoms with Crippen LogP contribution < -0.4 is 11.1 Å². The van der Waals surface area contributed by atoms with Gasteiger partial charge in [-0.1, -0.05) is 5.21 Å². The highest BCUT2D eigenvalue weighted by Crippen LogP contribution is 1.94. The maximum Gasteiger partial charge on any atom is 0.318 e. The minimum absolute atomic E-state index is 0.222. The van der Waals surface area contributed by atoms with Crippen LogP contribution in [-0.2, 0) is 22.6 Å². The lowest BCUT2D eigenvalue weighted by molar-refractivity contribution is -0.136. The number of imide groups is 1. The van der Waals surface area contributed by atoms with Crippen LogP contribution in [0.15, 0.2) is 6.20 Å². The van der Waals surface area contributed by atoms with E-state index < -0.39 is 17.9 Å². The van der Waals surface area contributed by atoms with Gasteiger partial charge in [-0.15, -0.1) is 5.10 Å². The first-order valence-corrected chi connectivity index (χ1v) is 4.17. The summed E-state index contributed by atoms with van der Waals surface area (Å²) in [6.45, 7) is -0.254. The molecule has 0 saturated carbocycles. The molecule has 0 atom stereocenters. The molecular weight excluding hydrogens is 218 g/mol. The molecule has 16 heavy (non-hydrogen) atoms. The first kappa shape index (κ1) is 11.6. The van der Waals surface area contributed by atoms with Crippen LogP contribution >= 0.6 is 0 Å². The monoisotopic (exact) mass is 227 g/mol. The topological polar surface area (TPSA) is 140 Å². The number of nitrogens with zero attached hydrogens (tertiary/aromatic N) is 3. The molecule has 0 saturated heterocycles. The van der Waals surface area contributed by atoms with Crippen molar-refractivity contribution in [3.05, 3.63) is 11.9 Å². The van der Waals surface area contributed by atoms with E-state index in [9.17, 15) is 14.4 Å². The number of amides is 3. The van der Waals surface area contributed by atoms with Crippen LogP contribution in [0.25, 0.3) is 0 Å². The van der Waals surface area contributed by atoms with Gasteiger partial charge < -0.3 is 10.8 Å². The van der Waals surface area contributed by atoms with E-state index in [-0.39, 0.29) is 18.7 Å². The summed E-state index contributed by atoms with van der Waals surface area (Å²) in [5, 5.41) is 17.3. The van der Waals surface area contributed by atoms with Gasteiger partial charge in [-0.2, -0.15) is 0 Å². The molecular formula is C7H9N5O4. The van der Waals surface area contributed by atoms with Crippen LogP contribution in [0, 0.1) is 0 Å². The number of primary amides is 1. The maximum absolute atomic E-state index is 11.0. The number of carbonyl (C=O) groups is 3. The summed E-state index contributed by atoms with van der Waals surface area (Å²) in [5.74, 6) is -1.70. The molecule has 0 fully saturated rings. The van der Waals surface area contributed by atoms with Crippen molar-refractivity contribution in [3.8, 4) is 0 Å². The third-order valence-corrected chi connectivity index (χ3v) is 1.49. The molecule has 0 aliphatic heterocycles. The van der Waals surface area contributed by atoms with Crippen molar-refractivity contribution in [2.45, 2.75) is 13.0 Å². The van der Waals surface area contributed by atoms with Crippen LogP contribution in [0.5, 0.6) is 0 Å². The molecule has 86 valence electrons. The summed E-state index contributed by atoms with van der Waals surface area (Å²) < 4.78 is 1.11. The van der Waals surface area contributed by atoms with Crippen LogP contribution in [0.4, 0.5) is 4.79 Å². The minimum Gasteiger partial charge on any atom is -0.481 e. The Bertz CT molecular complexity index is 426. The lowest BCUT2D eigenvalue weighted by atomic mass is 10.3. The molecule has 1 heterocycles. The first-order chi connectivity index (χ1) is 7.47. The van der Waals surface area contributed by atoms with E-state index >= 15 is 0 Å². The standard InChI is InChI=1S/C7H9N5O4/c8-7(16)9-5(13)3-12-2-4(10-11-12)1-6(14)15/h2H,1,3H2,(H,14,15)(H3,8,9,13,16). The number of aliphatic carboxylic acids is 1. The van der Waals surface area contributed by atoms with E-state index in [1.807, 2.05) is 5.32 Å². The zero-order valence-corrected chi connectivity index (χ0v) is 8.08. The van der Waals surface area contributed by atoms with Gasteiger partial charge in [-0.3, -0.25) is 14.9 Å². The number of nitrogens with two attached hydrogens (primary N) is 1. The van der Waals surface area contributed by atoms with Gasteiger partial charge in [0.25, 0.3) is 0 Å². The molecule has 9 heteroatoms. The fourth-order valence-corrected chi connectivity index (χ4v) is 0.976. The zero-order valence-electron chi connectivity index (χ0n) is 8.08. The van der Waals surface area contributed by atoms with Gasteiger partial charge in [0.05, 0.1) is 12.1 Å². The molecule has 1 aromatic heterocycles. The molecule has 1 aromatic rings. The van der Waals surface area contributed by atoms with Gasteiger partial charge >= 0.3 is 12.0 Å². The number of urea groups is 1. The molecule has 0 aliphatic carbocycles. The van der Waals surface area contributed by atoms with Crippen LogP contribution in [0.1, 0.15) is 5.69 Å². The number of nitrogens with one attached hydrogen (secondary N) is 1. The summed E-state index contributed by atoms with van der Waals surface area (Å²) in [6, 6.07) is -0.962. The van der Waals surface area contributed by atoms with Crippen LogP contribution in [-0.4, -0.2) is 38.0 Å². The van der Waals surface area contributed by atoms with Crippen molar-refractivity contribution in [1.29, 1.82) is 0 Å². The lowest BCUT2D eigenvalue weighted by Gasteiger charge is -1.99. The van der Waals surface area contributed by atoms with Crippen molar-refractivity contribution in [2.75, 3.05) is 0 Å². The summed E-state index contributed by atoms with van der Waals surface area (Å²) in [4.78, 5) is 31.7. The Balaban J connectivity index is 2.55. The minimum atomic E-state index is -1.05. The second kappa shape index (κ2) is 4.87. The largest absolute Gasteiger partial charge is 0.481 e. The quantitative estimate of drug-likeness (QED) is 0.548. The Morgan fingerprint density at radius 3 is 2.75 bits per heavy atom. The third-order valence-electron chi connectivity index (χ3n) is 1.49. The van der Waals surface area contributed by atoms with Gasteiger partial charge in [0.2, 0.25) is 5.91 Å². The Morgan fingerprint density at radius 1 is 1.50 bits per heavy atom. The molecule has 9 nitrogen and oxygen atoms in total. The Kier molecular flexibility index (Phi) is 3.53. The summed E-state index contributed by atoms with van der Waals surface area (Å²) in [6.07, 6.45) is 1.02. The SMILES string of the molecule is NC(=O)NC(=O)Cn1cc(CC(=O)O)nn1. The van der Waals surface area contributed by atoms with Crippen molar-refractivity contribution >= 4 is 17.9 Å². The summed E-state index contributed by atoms with van der Waals surface area (Å²) >= 11 is 0. The van der Waals surface area contributed by atoms with E-state index in [2.05, 4.69) is 10.3 Å². The smallest absolute Gasteiger partial charge is 0.318 e. The van der Waals surface area contributed by atoms with Crippen LogP contribution in [0.3, 0.4) is 0 Å².